The summed E-state index contributed by atoms with van der Waals surface area (Å²) in [6.07, 6.45) is 0. The molecular weight excluding hydrogens is 344 g/mol. The lowest BCUT2D eigenvalue weighted by molar-refractivity contribution is -0.141. The number of methoxy groups -OCH3 is 1. The normalized spacial score (nSPS) is 11.9. The lowest BCUT2D eigenvalue weighted by atomic mass is 10.1. The molecule has 0 aliphatic rings. The fraction of sp³-hybridized carbons (Fsp3) is 0.235. The molecule has 5 nitrogen and oxygen atoms in total. The molecule has 2 aromatic heterocycles. The maximum Gasteiger partial charge on any atom is 0.325 e. The zero-order valence-corrected chi connectivity index (χ0v) is 15.2. The van der Waals surface area contributed by atoms with Crippen molar-refractivity contribution in [3.05, 3.63) is 50.5 Å². The Morgan fingerprint density at radius 1 is 1.29 bits per heavy atom. The van der Waals surface area contributed by atoms with Crippen LogP contribution in [0.5, 0.6) is 0 Å². The van der Waals surface area contributed by atoms with Gasteiger partial charge in [0.25, 0.3) is 5.91 Å². The Bertz CT molecular complexity index is 981. The lowest BCUT2D eigenvalue weighted by Crippen LogP contribution is -2.22. The first kappa shape index (κ1) is 16.6. The Labute approximate surface area is 146 Å². The molecule has 0 N–H and O–H groups in total. The van der Waals surface area contributed by atoms with Crippen molar-refractivity contribution >= 4 is 44.8 Å². The molecule has 2 heterocycles. The standard InChI is InChI=1S/C17H16N2O3S2/c1-10-7-11(2)15-13(8-10)24-17(19(15)9-14(20)22-3)18-16(21)12-5-4-6-23-12/h4-8H,9H2,1-3H3. The van der Waals surface area contributed by atoms with Gasteiger partial charge in [-0.05, 0) is 42.5 Å². The zero-order chi connectivity index (χ0) is 17.3. The van der Waals surface area contributed by atoms with Crippen LogP contribution in [0.4, 0.5) is 0 Å². The highest BCUT2D eigenvalue weighted by atomic mass is 32.1. The Kier molecular flexibility index (Phi) is 4.64. The molecule has 0 saturated carbocycles. The second-order valence-corrected chi connectivity index (χ2v) is 7.33. The summed E-state index contributed by atoms with van der Waals surface area (Å²) in [5.41, 5.74) is 3.08. The second kappa shape index (κ2) is 6.70. The van der Waals surface area contributed by atoms with E-state index in [0.29, 0.717) is 9.68 Å². The number of rotatable bonds is 3. The molecule has 0 aliphatic carbocycles. The van der Waals surface area contributed by atoms with Crippen LogP contribution in [0.15, 0.2) is 34.6 Å². The number of aryl methyl sites for hydroxylation is 2. The maximum absolute atomic E-state index is 12.3. The van der Waals surface area contributed by atoms with Gasteiger partial charge in [0.1, 0.15) is 6.54 Å². The number of amides is 1. The second-order valence-electron chi connectivity index (χ2n) is 5.37. The molecule has 0 radical (unpaired) electrons. The minimum absolute atomic E-state index is 0.0248. The van der Waals surface area contributed by atoms with E-state index in [1.165, 1.54) is 29.8 Å². The third-order valence-corrected chi connectivity index (χ3v) is 5.44. The summed E-state index contributed by atoms with van der Waals surface area (Å²) in [7, 11) is 1.35. The number of nitrogens with zero attached hydrogens (tertiary/aromatic N) is 2. The van der Waals surface area contributed by atoms with Crippen molar-refractivity contribution in [3.63, 3.8) is 0 Å². The molecule has 24 heavy (non-hydrogen) atoms. The van der Waals surface area contributed by atoms with Crippen molar-refractivity contribution in [2.75, 3.05) is 7.11 Å². The van der Waals surface area contributed by atoms with Gasteiger partial charge in [-0.15, -0.1) is 11.3 Å². The molecule has 0 bridgehead atoms. The molecular formula is C17H16N2O3S2. The predicted molar refractivity (Wildman–Crippen MR) is 95.5 cm³/mol. The molecule has 3 aromatic rings. The van der Waals surface area contributed by atoms with Crippen molar-refractivity contribution in [1.29, 1.82) is 0 Å². The summed E-state index contributed by atoms with van der Waals surface area (Å²) in [6, 6.07) is 7.64. The van der Waals surface area contributed by atoms with E-state index in [-0.39, 0.29) is 18.4 Å². The van der Waals surface area contributed by atoms with Gasteiger partial charge in [-0.25, -0.2) is 0 Å². The highest BCUT2D eigenvalue weighted by molar-refractivity contribution is 7.16. The van der Waals surface area contributed by atoms with E-state index in [0.717, 1.165) is 21.3 Å². The Morgan fingerprint density at radius 2 is 2.08 bits per heavy atom. The van der Waals surface area contributed by atoms with Gasteiger partial charge in [-0.1, -0.05) is 23.5 Å². The number of ether oxygens (including phenoxy) is 1. The van der Waals surface area contributed by atoms with Crippen LogP contribution < -0.4 is 4.80 Å². The number of esters is 1. The quantitative estimate of drug-likeness (QED) is 0.673. The monoisotopic (exact) mass is 360 g/mol. The van der Waals surface area contributed by atoms with Crippen LogP contribution in [-0.2, 0) is 16.1 Å². The number of thiazole rings is 1. The fourth-order valence-electron chi connectivity index (χ4n) is 2.56. The lowest BCUT2D eigenvalue weighted by Gasteiger charge is -2.06. The van der Waals surface area contributed by atoms with E-state index in [9.17, 15) is 9.59 Å². The first-order valence-electron chi connectivity index (χ1n) is 7.29. The SMILES string of the molecule is COC(=O)Cn1c(=NC(=O)c2cccs2)sc2cc(C)cc(C)c21. The smallest absolute Gasteiger partial charge is 0.325 e. The summed E-state index contributed by atoms with van der Waals surface area (Å²) in [5, 5.41) is 1.84. The van der Waals surface area contributed by atoms with Crippen molar-refractivity contribution in [2.24, 2.45) is 4.99 Å². The number of fused-ring (bicyclic) bond motifs is 1. The topological polar surface area (TPSA) is 60.7 Å². The number of carbonyl (C=O) groups is 2. The van der Waals surface area contributed by atoms with Gasteiger partial charge in [0.05, 0.1) is 22.2 Å². The summed E-state index contributed by atoms with van der Waals surface area (Å²) in [4.78, 5) is 29.5. The third kappa shape index (κ3) is 3.18. The van der Waals surface area contributed by atoms with Crippen LogP contribution in [0.25, 0.3) is 10.2 Å². The molecule has 7 heteroatoms. The van der Waals surface area contributed by atoms with E-state index in [2.05, 4.69) is 4.99 Å². The minimum atomic E-state index is -0.375. The predicted octanol–water partition coefficient (Wildman–Crippen LogP) is 3.30. The average molecular weight is 360 g/mol. The molecule has 1 aromatic carbocycles. The number of thiophene rings is 1. The van der Waals surface area contributed by atoms with Gasteiger partial charge in [0, 0.05) is 0 Å². The largest absolute Gasteiger partial charge is 0.468 e. The molecule has 0 atom stereocenters. The average Bonchev–Trinajstić information content (AvgIpc) is 3.16. The van der Waals surface area contributed by atoms with E-state index < -0.39 is 0 Å². The zero-order valence-electron chi connectivity index (χ0n) is 13.5. The van der Waals surface area contributed by atoms with Crippen molar-refractivity contribution in [1.82, 2.24) is 4.57 Å². The Balaban J connectivity index is 2.22. The van der Waals surface area contributed by atoms with Gasteiger partial charge in [0.2, 0.25) is 0 Å². The molecule has 0 fully saturated rings. The molecule has 0 aliphatic heterocycles. The summed E-state index contributed by atoms with van der Waals surface area (Å²) in [5.74, 6) is -0.677. The van der Waals surface area contributed by atoms with E-state index >= 15 is 0 Å². The highest BCUT2D eigenvalue weighted by Gasteiger charge is 2.14. The molecule has 124 valence electrons. The number of aromatic nitrogens is 1. The van der Waals surface area contributed by atoms with Crippen molar-refractivity contribution in [2.45, 2.75) is 20.4 Å². The fourth-order valence-corrected chi connectivity index (χ4v) is 4.37. The molecule has 0 spiro atoms. The first-order valence-corrected chi connectivity index (χ1v) is 8.99. The van der Waals surface area contributed by atoms with E-state index in [4.69, 9.17) is 4.74 Å². The summed E-state index contributed by atoms with van der Waals surface area (Å²) >= 11 is 2.75. The molecule has 0 saturated heterocycles. The molecule has 0 unspecified atom stereocenters. The van der Waals surface area contributed by atoms with Gasteiger partial charge in [0.15, 0.2) is 4.80 Å². The minimum Gasteiger partial charge on any atom is -0.468 e. The number of hydrogen-bond donors (Lipinski definition) is 0. The number of carbonyl (C=O) groups excluding carboxylic acids is 2. The van der Waals surface area contributed by atoms with Crippen LogP contribution in [0.1, 0.15) is 20.8 Å². The van der Waals surface area contributed by atoms with E-state index in [1.54, 1.807) is 10.6 Å². The van der Waals surface area contributed by atoms with Crippen LogP contribution in [0, 0.1) is 13.8 Å². The summed E-state index contributed by atoms with van der Waals surface area (Å²) in [6.45, 7) is 4.03. The van der Waals surface area contributed by atoms with Gasteiger partial charge >= 0.3 is 5.97 Å². The van der Waals surface area contributed by atoms with Crippen LogP contribution in [0.2, 0.25) is 0 Å². The van der Waals surface area contributed by atoms with Gasteiger partial charge < -0.3 is 9.30 Å². The van der Waals surface area contributed by atoms with Crippen LogP contribution >= 0.6 is 22.7 Å². The maximum atomic E-state index is 12.3. The third-order valence-electron chi connectivity index (χ3n) is 3.56. The van der Waals surface area contributed by atoms with Crippen molar-refractivity contribution < 1.29 is 14.3 Å². The van der Waals surface area contributed by atoms with Crippen LogP contribution in [-0.4, -0.2) is 23.6 Å². The van der Waals surface area contributed by atoms with Gasteiger partial charge in [-0.3, -0.25) is 9.59 Å². The highest BCUT2D eigenvalue weighted by Crippen LogP contribution is 2.23. The van der Waals surface area contributed by atoms with E-state index in [1.807, 2.05) is 37.4 Å². The molecule has 1 amide bonds. The molecule has 3 rings (SSSR count). The summed E-state index contributed by atoms with van der Waals surface area (Å²) < 4.78 is 7.54. The number of benzene rings is 1. The first-order chi connectivity index (χ1) is 11.5. The Morgan fingerprint density at radius 3 is 2.75 bits per heavy atom. The van der Waals surface area contributed by atoms with Crippen molar-refractivity contribution in [3.8, 4) is 0 Å². The van der Waals surface area contributed by atoms with Crippen LogP contribution in [0.3, 0.4) is 0 Å². The Hall–Kier alpha value is -2.25. The number of hydrogen-bond acceptors (Lipinski definition) is 5. The van der Waals surface area contributed by atoms with Gasteiger partial charge in [-0.2, -0.15) is 4.99 Å².